The van der Waals surface area contributed by atoms with Gasteiger partial charge < -0.3 is 10.4 Å². The van der Waals surface area contributed by atoms with Gasteiger partial charge in [-0.1, -0.05) is 19.8 Å². The highest BCUT2D eigenvalue weighted by Gasteiger charge is 2.53. The summed E-state index contributed by atoms with van der Waals surface area (Å²) >= 11 is 0. The molecule has 3 atom stereocenters. The first kappa shape index (κ1) is 9.97. The minimum Gasteiger partial charge on any atom is -0.481 e. The van der Waals surface area contributed by atoms with Gasteiger partial charge in [-0.3, -0.25) is 4.79 Å². The Hall–Kier alpha value is -0.570. The van der Waals surface area contributed by atoms with Crippen molar-refractivity contribution in [3.63, 3.8) is 0 Å². The fourth-order valence-corrected chi connectivity index (χ4v) is 3.58. The molecule has 1 saturated heterocycles. The van der Waals surface area contributed by atoms with Crippen LogP contribution in [0.5, 0.6) is 0 Å². The third-order valence-electron chi connectivity index (χ3n) is 4.30. The van der Waals surface area contributed by atoms with Crippen LogP contribution in [0.1, 0.15) is 32.6 Å². The van der Waals surface area contributed by atoms with Crippen molar-refractivity contribution in [2.45, 2.75) is 32.6 Å². The zero-order valence-electron chi connectivity index (χ0n) is 8.75. The average molecular weight is 197 g/mol. The van der Waals surface area contributed by atoms with E-state index in [9.17, 15) is 9.90 Å². The van der Waals surface area contributed by atoms with Crippen molar-refractivity contribution in [1.29, 1.82) is 0 Å². The van der Waals surface area contributed by atoms with Crippen LogP contribution in [0.15, 0.2) is 0 Å². The van der Waals surface area contributed by atoms with Crippen molar-refractivity contribution in [3.8, 4) is 0 Å². The second-order valence-corrected chi connectivity index (χ2v) is 4.75. The van der Waals surface area contributed by atoms with Crippen LogP contribution in [-0.4, -0.2) is 24.2 Å². The van der Waals surface area contributed by atoms with Crippen molar-refractivity contribution in [2.24, 2.45) is 17.3 Å². The Balaban J connectivity index is 2.23. The van der Waals surface area contributed by atoms with Gasteiger partial charge in [-0.25, -0.2) is 0 Å². The second kappa shape index (κ2) is 3.54. The van der Waals surface area contributed by atoms with Gasteiger partial charge in [-0.05, 0) is 18.8 Å². The molecule has 1 aliphatic carbocycles. The van der Waals surface area contributed by atoms with Crippen LogP contribution in [0.4, 0.5) is 0 Å². The Morgan fingerprint density at radius 1 is 1.64 bits per heavy atom. The maximum absolute atomic E-state index is 11.2. The molecule has 3 nitrogen and oxygen atoms in total. The zero-order chi connectivity index (χ0) is 10.2. The lowest BCUT2D eigenvalue weighted by molar-refractivity contribution is -0.145. The lowest BCUT2D eigenvalue weighted by Crippen LogP contribution is -2.37. The number of nitrogens with one attached hydrogen (secondary N) is 1. The van der Waals surface area contributed by atoms with Crippen LogP contribution >= 0.6 is 0 Å². The van der Waals surface area contributed by atoms with Gasteiger partial charge in [0.2, 0.25) is 0 Å². The van der Waals surface area contributed by atoms with Gasteiger partial charge >= 0.3 is 5.97 Å². The Morgan fingerprint density at radius 2 is 2.43 bits per heavy atom. The third-order valence-corrected chi connectivity index (χ3v) is 4.30. The Kier molecular flexibility index (Phi) is 2.52. The maximum atomic E-state index is 11.2. The monoisotopic (exact) mass is 197 g/mol. The zero-order valence-corrected chi connectivity index (χ0v) is 8.75. The van der Waals surface area contributed by atoms with E-state index in [1.165, 1.54) is 12.8 Å². The number of rotatable bonds is 2. The molecule has 1 spiro atoms. The first-order valence-electron chi connectivity index (χ1n) is 5.64. The molecule has 3 unspecified atom stereocenters. The summed E-state index contributed by atoms with van der Waals surface area (Å²) in [7, 11) is 0. The van der Waals surface area contributed by atoms with Crippen molar-refractivity contribution in [2.75, 3.05) is 13.1 Å². The van der Waals surface area contributed by atoms with E-state index < -0.39 is 5.97 Å². The van der Waals surface area contributed by atoms with Crippen LogP contribution in [0, 0.1) is 17.3 Å². The van der Waals surface area contributed by atoms with Crippen LogP contribution < -0.4 is 5.32 Å². The van der Waals surface area contributed by atoms with Gasteiger partial charge in [-0.2, -0.15) is 0 Å². The predicted octanol–water partition coefficient (Wildman–Crippen LogP) is 1.49. The van der Waals surface area contributed by atoms with E-state index in [1.807, 2.05) is 0 Å². The molecule has 1 heterocycles. The van der Waals surface area contributed by atoms with E-state index in [2.05, 4.69) is 12.2 Å². The molecular formula is C11H19NO2. The number of carboxylic acid groups (broad SMARTS) is 1. The summed E-state index contributed by atoms with van der Waals surface area (Å²) in [5.41, 5.74) is 0.0839. The van der Waals surface area contributed by atoms with E-state index in [4.69, 9.17) is 0 Å². The third kappa shape index (κ3) is 1.26. The highest BCUT2D eigenvalue weighted by atomic mass is 16.4. The summed E-state index contributed by atoms with van der Waals surface area (Å²) in [5.74, 6) is -0.121. The normalized spacial score (nSPS) is 42.1. The lowest BCUT2D eigenvalue weighted by Gasteiger charge is -2.33. The Bertz CT molecular complexity index is 237. The maximum Gasteiger partial charge on any atom is 0.308 e. The fourth-order valence-electron chi connectivity index (χ4n) is 3.58. The van der Waals surface area contributed by atoms with E-state index in [0.29, 0.717) is 12.5 Å². The Labute approximate surface area is 84.9 Å². The van der Waals surface area contributed by atoms with E-state index >= 15 is 0 Å². The second-order valence-electron chi connectivity index (χ2n) is 4.75. The first-order valence-corrected chi connectivity index (χ1v) is 5.64. The summed E-state index contributed by atoms with van der Waals surface area (Å²) in [4.78, 5) is 11.2. The van der Waals surface area contributed by atoms with Crippen molar-refractivity contribution >= 4 is 5.97 Å². The molecule has 0 aromatic heterocycles. The summed E-state index contributed by atoms with van der Waals surface area (Å²) in [6, 6.07) is 0. The lowest BCUT2D eigenvalue weighted by atomic mass is 9.69. The molecule has 80 valence electrons. The van der Waals surface area contributed by atoms with Crippen molar-refractivity contribution in [3.05, 3.63) is 0 Å². The highest BCUT2D eigenvalue weighted by molar-refractivity contribution is 5.72. The molecule has 0 radical (unpaired) electrons. The number of carbonyl (C=O) groups is 1. The smallest absolute Gasteiger partial charge is 0.308 e. The SMILES string of the molecule is CCC1CCCC12CNCC2C(=O)O. The minimum atomic E-state index is -0.602. The molecule has 0 bridgehead atoms. The minimum absolute atomic E-state index is 0.0839. The molecule has 1 aliphatic heterocycles. The molecule has 0 aromatic carbocycles. The predicted molar refractivity (Wildman–Crippen MR) is 54.1 cm³/mol. The van der Waals surface area contributed by atoms with Gasteiger partial charge in [0.05, 0.1) is 5.92 Å². The topological polar surface area (TPSA) is 49.3 Å². The van der Waals surface area contributed by atoms with E-state index in [1.54, 1.807) is 0 Å². The molecule has 2 fully saturated rings. The van der Waals surface area contributed by atoms with Gasteiger partial charge in [0, 0.05) is 18.5 Å². The van der Waals surface area contributed by atoms with E-state index in [-0.39, 0.29) is 11.3 Å². The molecule has 14 heavy (non-hydrogen) atoms. The van der Waals surface area contributed by atoms with Gasteiger partial charge in [0.25, 0.3) is 0 Å². The van der Waals surface area contributed by atoms with Crippen molar-refractivity contribution in [1.82, 2.24) is 5.32 Å². The molecule has 0 aromatic rings. The molecular weight excluding hydrogens is 178 g/mol. The van der Waals surface area contributed by atoms with Crippen LogP contribution in [0.2, 0.25) is 0 Å². The summed E-state index contributed by atoms with van der Waals surface area (Å²) < 4.78 is 0. The molecule has 2 aliphatic rings. The quantitative estimate of drug-likeness (QED) is 0.705. The van der Waals surface area contributed by atoms with Crippen LogP contribution in [0.3, 0.4) is 0 Å². The molecule has 0 amide bonds. The number of hydrogen-bond acceptors (Lipinski definition) is 2. The standard InChI is InChI=1S/C11H19NO2/c1-2-8-4-3-5-11(8)7-12-6-9(11)10(13)14/h8-9,12H,2-7H2,1H3,(H,13,14). The van der Waals surface area contributed by atoms with Crippen molar-refractivity contribution < 1.29 is 9.90 Å². The summed E-state index contributed by atoms with van der Waals surface area (Å²) in [6.45, 7) is 3.78. The van der Waals surface area contributed by atoms with E-state index in [0.717, 1.165) is 19.4 Å². The largest absolute Gasteiger partial charge is 0.481 e. The fraction of sp³-hybridized carbons (Fsp3) is 0.909. The van der Waals surface area contributed by atoms with Gasteiger partial charge in [0.15, 0.2) is 0 Å². The average Bonchev–Trinajstić information content (AvgIpc) is 2.74. The summed E-state index contributed by atoms with van der Waals surface area (Å²) in [5, 5.41) is 12.5. The number of aliphatic carboxylic acids is 1. The highest BCUT2D eigenvalue weighted by Crippen LogP contribution is 2.51. The first-order chi connectivity index (χ1) is 6.70. The summed E-state index contributed by atoms with van der Waals surface area (Å²) in [6.07, 6.45) is 4.67. The Morgan fingerprint density at radius 3 is 3.07 bits per heavy atom. The van der Waals surface area contributed by atoms with Gasteiger partial charge in [0.1, 0.15) is 0 Å². The molecule has 2 rings (SSSR count). The molecule has 2 N–H and O–H groups in total. The van der Waals surface area contributed by atoms with Crippen LogP contribution in [0.25, 0.3) is 0 Å². The number of hydrogen-bond donors (Lipinski definition) is 2. The van der Waals surface area contributed by atoms with Crippen LogP contribution in [-0.2, 0) is 4.79 Å². The van der Waals surface area contributed by atoms with Gasteiger partial charge in [-0.15, -0.1) is 0 Å². The molecule has 3 heteroatoms. The number of carboxylic acids is 1. The molecule has 1 saturated carbocycles.